The Bertz CT molecular complexity index is 974. The number of rotatable bonds is 6. The van der Waals surface area contributed by atoms with Crippen molar-refractivity contribution in [1.82, 2.24) is 14.8 Å². The maximum absolute atomic E-state index is 12.3. The van der Waals surface area contributed by atoms with Gasteiger partial charge in [0.05, 0.1) is 16.5 Å². The van der Waals surface area contributed by atoms with Crippen molar-refractivity contribution in [1.29, 1.82) is 0 Å². The Morgan fingerprint density at radius 3 is 2.67 bits per heavy atom. The molecule has 0 aliphatic heterocycles. The van der Waals surface area contributed by atoms with E-state index in [2.05, 4.69) is 15.5 Å². The van der Waals surface area contributed by atoms with Crippen LogP contribution in [0.4, 0.5) is 5.69 Å². The fourth-order valence-electron chi connectivity index (χ4n) is 2.61. The van der Waals surface area contributed by atoms with Crippen molar-refractivity contribution in [2.45, 2.75) is 25.5 Å². The van der Waals surface area contributed by atoms with Crippen molar-refractivity contribution in [3.8, 4) is 11.4 Å². The van der Waals surface area contributed by atoms with E-state index in [9.17, 15) is 4.79 Å². The van der Waals surface area contributed by atoms with Crippen LogP contribution in [0.25, 0.3) is 11.4 Å². The number of hydrogen-bond donors (Lipinski definition) is 1. The second-order valence-corrected chi connectivity index (χ2v) is 7.61. The molecular formula is C19H18Cl2N4OS. The number of aryl methyl sites for hydroxylation is 1. The summed E-state index contributed by atoms with van der Waals surface area (Å²) in [6, 6.07) is 13.0. The number of nitrogens with one attached hydrogen (secondary N) is 1. The summed E-state index contributed by atoms with van der Waals surface area (Å²) >= 11 is 13.3. The Kier molecular flexibility index (Phi) is 6.42. The first-order chi connectivity index (χ1) is 13.0. The van der Waals surface area contributed by atoms with E-state index in [1.54, 1.807) is 18.2 Å². The number of nitrogens with zero attached hydrogens (tertiary/aromatic N) is 3. The van der Waals surface area contributed by atoms with E-state index >= 15 is 0 Å². The molecule has 0 atom stereocenters. The second kappa shape index (κ2) is 8.78. The molecule has 0 unspecified atom stereocenters. The number of carbonyl (C=O) groups excluding carboxylic acids is 1. The smallest absolute Gasteiger partial charge is 0.234 e. The molecular weight excluding hydrogens is 403 g/mol. The van der Waals surface area contributed by atoms with Crippen LogP contribution in [0.15, 0.2) is 47.6 Å². The van der Waals surface area contributed by atoms with Gasteiger partial charge >= 0.3 is 0 Å². The van der Waals surface area contributed by atoms with Crippen molar-refractivity contribution in [3.05, 3.63) is 58.1 Å². The molecule has 27 heavy (non-hydrogen) atoms. The van der Waals surface area contributed by atoms with Crippen molar-refractivity contribution >= 4 is 46.6 Å². The molecule has 0 spiro atoms. The van der Waals surface area contributed by atoms with Gasteiger partial charge in [-0.2, -0.15) is 0 Å². The van der Waals surface area contributed by atoms with Gasteiger partial charge in [-0.1, -0.05) is 59.2 Å². The maximum Gasteiger partial charge on any atom is 0.234 e. The molecule has 1 amide bonds. The van der Waals surface area contributed by atoms with Crippen LogP contribution < -0.4 is 5.32 Å². The minimum atomic E-state index is -0.174. The highest BCUT2D eigenvalue weighted by Crippen LogP contribution is 2.28. The zero-order valence-corrected chi connectivity index (χ0v) is 17.2. The molecule has 0 fully saturated rings. The minimum Gasteiger partial charge on any atom is -0.324 e. The highest BCUT2D eigenvalue weighted by Gasteiger charge is 2.16. The maximum atomic E-state index is 12.3. The number of hydrogen-bond acceptors (Lipinski definition) is 4. The topological polar surface area (TPSA) is 59.8 Å². The average Bonchev–Trinajstić information content (AvgIpc) is 3.05. The summed E-state index contributed by atoms with van der Waals surface area (Å²) in [6.45, 7) is 4.78. The lowest BCUT2D eigenvalue weighted by Gasteiger charge is -2.10. The largest absolute Gasteiger partial charge is 0.324 e. The van der Waals surface area contributed by atoms with Gasteiger partial charge in [-0.05, 0) is 37.6 Å². The molecule has 5 nitrogen and oxygen atoms in total. The Labute approximate surface area is 172 Å². The van der Waals surface area contributed by atoms with Gasteiger partial charge in [0.1, 0.15) is 0 Å². The number of amides is 1. The SMILES string of the molecule is CCn1c(SCC(=O)Nc2ccc(Cl)cc2Cl)nnc1-c1ccccc1C. The molecule has 0 bridgehead atoms. The number of anilines is 1. The van der Waals surface area contributed by atoms with E-state index in [0.717, 1.165) is 17.0 Å². The van der Waals surface area contributed by atoms with Gasteiger partial charge in [0.25, 0.3) is 0 Å². The third-order valence-electron chi connectivity index (χ3n) is 3.96. The molecule has 0 radical (unpaired) electrons. The molecule has 1 heterocycles. The van der Waals surface area contributed by atoms with E-state index in [0.29, 0.717) is 27.4 Å². The first-order valence-corrected chi connectivity index (χ1v) is 10.1. The van der Waals surface area contributed by atoms with Gasteiger partial charge in [-0.3, -0.25) is 4.79 Å². The quantitative estimate of drug-likeness (QED) is 0.548. The fourth-order valence-corrected chi connectivity index (χ4v) is 3.87. The van der Waals surface area contributed by atoms with Crippen LogP contribution in [0.2, 0.25) is 10.0 Å². The molecule has 0 saturated carbocycles. The van der Waals surface area contributed by atoms with Crippen LogP contribution in [0.5, 0.6) is 0 Å². The first kappa shape index (κ1) is 19.7. The monoisotopic (exact) mass is 420 g/mol. The number of thioether (sulfide) groups is 1. The number of benzene rings is 2. The predicted octanol–water partition coefficient (Wildman–Crippen LogP) is 5.31. The number of halogens is 2. The van der Waals surface area contributed by atoms with Crippen molar-refractivity contribution < 1.29 is 4.79 Å². The lowest BCUT2D eigenvalue weighted by molar-refractivity contribution is -0.113. The zero-order chi connectivity index (χ0) is 19.4. The van der Waals surface area contributed by atoms with Crippen molar-refractivity contribution in [2.75, 3.05) is 11.1 Å². The van der Waals surface area contributed by atoms with E-state index in [1.165, 1.54) is 11.8 Å². The molecule has 3 rings (SSSR count). The van der Waals surface area contributed by atoms with Gasteiger partial charge < -0.3 is 9.88 Å². The Morgan fingerprint density at radius 1 is 1.19 bits per heavy atom. The molecule has 140 valence electrons. The minimum absolute atomic E-state index is 0.174. The molecule has 0 saturated heterocycles. The third-order valence-corrected chi connectivity index (χ3v) is 5.47. The molecule has 2 aromatic carbocycles. The zero-order valence-electron chi connectivity index (χ0n) is 14.9. The van der Waals surface area contributed by atoms with E-state index in [4.69, 9.17) is 23.2 Å². The van der Waals surface area contributed by atoms with Crippen LogP contribution in [-0.2, 0) is 11.3 Å². The van der Waals surface area contributed by atoms with Crippen LogP contribution in [0.3, 0.4) is 0 Å². The normalized spacial score (nSPS) is 10.8. The summed E-state index contributed by atoms with van der Waals surface area (Å²) < 4.78 is 2.01. The summed E-state index contributed by atoms with van der Waals surface area (Å²) in [7, 11) is 0. The lowest BCUT2D eigenvalue weighted by Crippen LogP contribution is -2.15. The highest BCUT2D eigenvalue weighted by molar-refractivity contribution is 7.99. The van der Waals surface area contributed by atoms with Gasteiger partial charge in [0.15, 0.2) is 11.0 Å². The van der Waals surface area contributed by atoms with E-state index in [1.807, 2.05) is 42.7 Å². The Balaban J connectivity index is 1.71. The van der Waals surface area contributed by atoms with Gasteiger partial charge in [0.2, 0.25) is 5.91 Å². The first-order valence-electron chi connectivity index (χ1n) is 8.36. The van der Waals surface area contributed by atoms with E-state index < -0.39 is 0 Å². The molecule has 1 N–H and O–H groups in total. The fraction of sp³-hybridized carbons (Fsp3) is 0.211. The predicted molar refractivity (Wildman–Crippen MR) is 112 cm³/mol. The molecule has 3 aromatic rings. The van der Waals surface area contributed by atoms with Crippen LogP contribution >= 0.6 is 35.0 Å². The number of carbonyl (C=O) groups is 1. The summed E-state index contributed by atoms with van der Waals surface area (Å²) in [5, 5.41) is 13.0. The van der Waals surface area contributed by atoms with Gasteiger partial charge in [-0.25, -0.2) is 0 Å². The second-order valence-electron chi connectivity index (χ2n) is 5.83. The lowest BCUT2D eigenvalue weighted by atomic mass is 10.1. The molecule has 0 aliphatic rings. The summed E-state index contributed by atoms with van der Waals surface area (Å²) in [5.41, 5.74) is 2.70. The Morgan fingerprint density at radius 2 is 1.96 bits per heavy atom. The molecule has 1 aromatic heterocycles. The van der Waals surface area contributed by atoms with E-state index in [-0.39, 0.29) is 11.7 Å². The Hall–Kier alpha value is -2.02. The standard InChI is InChI=1S/C19H18Cl2N4OS/c1-3-25-18(14-7-5-4-6-12(14)2)23-24-19(25)27-11-17(26)22-16-9-8-13(20)10-15(16)21/h4-10H,3,11H2,1-2H3,(H,22,26). The van der Waals surface area contributed by atoms with Crippen LogP contribution in [0.1, 0.15) is 12.5 Å². The molecule has 0 aliphatic carbocycles. The van der Waals surface area contributed by atoms with Gasteiger partial charge in [0, 0.05) is 17.1 Å². The van der Waals surface area contributed by atoms with Crippen molar-refractivity contribution in [2.24, 2.45) is 0 Å². The van der Waals surface area contributed by atoms with Crippen molar-refractivity contribution in [3.63, 3.8) is 0 Å². The van der Waals surface area contributed by atoms with Crippen LogP contribution in [-0.4, -0.2) is 26.4 Å². The summed E-state index contributed by atoms with van der Waals surface area (Å²) in [6.07, 6.45) is 0. The van der Waals surface area contributed by atoms with Gasteiger partial charge in [-0.15, -0.1) is 10.2 Å². The van der Waals surface area contributed by atoms with Crippen LogP contribution in [0, 0.1) is 6.92 Å². The summed E-state index contributed by atoms with van der Waals surface area (Å²) in [5.74, 6) is 0.830. The third kappa shape index (κ3) is 4.64. The summed E-state index contributed by atoms with van der Waals surface area (Å²) in [4.78, 5) is 12.3. The molecule has 8 heteroatoms. The highest BCUT2D eigenvalue weighted by atomic mass is 35.5. The average molecular weight is 421 g/mol. The number of aromatic nitrogens is 3.